The number of benzene rings is 2. The number of fused-ring (bicyclic) bond motifs is 1. The molecule has 0 unspecified atom stereocenters. The molecule has 0 atom stereocenters. The highest BCUT2D eigenvalue weighted by Crippen LogP contribution is 2.29. The van der Waals surface area contributed by atoms with Crippen molar-refractivity contribution in [2.45, 2.75) is 64.8 Å². The Morgan fingerprint density at radius 1 is 1.00 bits per heavy atom. The monoisotopic (exact) mass is 515 g/mol. The molecule has 4 rings (SSSR count). The molecule has 7 heteroatoms. The van der Waals surface area contributed by atoms with Crippen molar-refractivity contribution in [1.82, 2.24) is 10.2 Å². The zero-order chi connectivity index (χ0) is 26.9. The Morgan fingerprint density at radius 2 is 1.71 bits per heavy atom. The van der Waals surface area contributed by atoms with Crippen LogP contribution in [0.5, 0.6) is 0 Å². The fraction of sp³-hybridized carbons (Fsp3) is 0.452. The van der Waals surface area contributed by atoms with E-state index >= 15 is 0 Å². The van der Waals surface area contributed by atoms with Gasteiger partial charge in [0.2, 0.25) is 5.91 Å². The molecular weight excluding hydrogens is 474 g/mol. The number of carbonyl (C=O) groups is 2. The van der Waals surface area contributed by atoms with Gasteiger partial charge in [-0.05, 0) is 74.8 Å². The number of anilines is 1. The maximum atomic E-state index is 13.2. The van der Waals surface area contributed by atoms with E-state index in [2.05, 4.69) is 41.6 Å². The maximum Gasteiger partial charge on any atom is 0.251 e. The van der Waals surface area contributed by atoms with Crippen molar-refractivity contribution in [2.24, 2.45) is 16.6 Å². The number of amidine groups is 1. The van der Waals surface area contributed by atoms with Gasteiger partial charge >= 0.3 is 0 Å². The quantitative estimate of drug-likeness (QED) is 0.388. The Bertz CT molecular complexity index is 1160. The zero-order valence-electron chi connectivity index (χ0n) is 22.7. The van der Waals surface area contributed by atoms with Crippen LogP contribution in [0.4, 0.5) is 11.4 Å². The standard InChI is InChI=1S/C31H41N5O2/c1-3-16-36(17-4-2)31(38)25-18-23-12-13-24(19-28(23)35-29(32)20-25)30(37)34-27-14-10-22(11-15-27)21-33-26-8-6-5-7-9-26/h5-9,12-13,18-19,22,27,33H,3-4,10-11,14-17,20-21H2,1-2H3,(H2,32,35)(H,34,37). The molecular formula is C31H41N5O2. The van der Waals surface area contributed by atoms with E-state index < -0.39 is 0 Å². The Kier molecular flexibility index (Phi) is 9.57. The number of aliphatic imine (C=N–C) groups is 1. The SMILES string of the molecule is CCCN(CCC)C(=O)C1=Cc2ccc(C(=O)NC3CCC(CNc4ccccc4)CC3)cc2N=C(N)C1. The average molecular weight is 516 g/mol. The summed E-state index contributed by atoms with van der Waals surface area (Å²) in [5.74, 6) is 0.920. The molecule has 2 aromatic carbocycles. The van der Waals surface area contributed by atoms with Crippen LogP contribution in [0.25, 0.3) is 6.08 Å². The number of rotatable bonds is 10. The van der Waals surface area contributed by atoms with E-state index in [9.17, 15) is 9.59 Å². The van der Waals surface area contributed by atoms with Crippen molar-refractivity contribution in [1.29, 1.82) is 0 Å². The van der Waals surface area contributed by atoms with Crippen LogP contribution in [0.1, 0.15) is 74.7 Å². The number of hydrogen-bond acceptors (Lipinski definition) is 5. The molecule has 1 heterocycles. The summed E-state index contributed by atoms with van der Waals surface area (Å²) in [5, 5.41) is 6.74. The second-order valence-electron chi connectivity index (χ2n) is 10.5. The summed E-state index contributed by atoms with van der Waals surface area (Å²) in [6.45, 7) is 6.55. The van der Waals surface area contributed by atoms with Crippen molar-refractivity contribution >= 4 is 35.1 Å². The highest BCUT2D eigenvalue weighted by atomic mass is 16.2. The zero-order valence-corrected chi connectivity index (χ0v) is 22.7. The summed E-state index contributed by atoms with van der Waals surface area (Å²) >= 11 is 0. The average Bonchev–Trinajstić information content (AvgIpc) is 3.10. The van der Waals surface area contributed by atoms with Crippen molar-refractivity contribution in [3.63, 3.8) is 0 Å². The first-order valence-electron chi connectivity index (χ1n) is 14.0. The summed E-state index contributed by atoms with van der Waals surface area (Å²) in [6.07, 6.45) is 8.13. The summed E-state index contributed by atoms with van der Waals surface area (Å²) in [5.41, 5.74) is 10.0. The van der Waals surface area contributed by atoms with E-state index in [1.807, 2.05) is 41.3 Å². The molecule has 0 aromatic heterocycles. The first-order valence-corrected chi connectivity index (χ1v) is 14.0. The second kappa shape index (κ2) is 13.3. The molecule has 2 aliphatic rings. The molecule has 2 aromatic rings. The van der Waals surface area contributed by atoms with Crippen molar-refractivity contribution in [3.05, 3.63) is 65.2 Å². The number of amides is 2. The Morgan fingerprint density at radius 3 is 2.39 bits per heavy atom. The van der Waals surface area contributed by atoms with Crippen LogP contribution in [-0.4, -0.2) is 48.2 Å². The number of nitrogens with zero attached hydrogens (tertiary/aromatic N) is 2. The number of carbonyl (C=O) groups excluding carboxylic acids is 2. The van der Waals surface area contributed by atoms with Crippen molar-refractivity contribution in [2.75, 3.05) is 25.0 Å². The van der Waals surface area contributed by atoms with E-state index in [4.69, 9.17) is 5.73 Å². The van der Waals surface area contributed by atoms with E-state index in [-0.39, 0.29) is 17.9 Å². The van der Waals surface area contributed by atoms with Gasteiger partial charge in [0.1, 0.15) is 5.84 Å². The molecule has 1 aliphatic carbocycles. The van der Waals surface area contributed by atoms with Gasteiger partial charge < -0.3 is 21.3 Å². The molecule has 4 N–H and O–H groups in total. The predicted molar refractivity (Wildman–Crippen MR) is 156 cm³/mol. The van der Waals surface area contributed by atoms with Gasteiger partial charge in [-0.1, -0.05) is 38.1 Å². The highest BCUT2D eigenvalue weighted by molar-refractivity contribution is 6.06. The maximum absolute atomic E-state index is 13.2. The van der Waals surface area contributed by atoms with Crippen LogP contribution in [0, 0.1) is 5.92 Å². The van der Waals surface area contributed by atoms with Crippen LogP contribution < -0.4 is 16.4 Å². The van der Waals surface area contributed by atoms with Crippen LogP contribution >= 0.6 is 0 Å². The lowest BCUT2D eigenvalue weighted by Crippen LogP contribution is -2.38. The number of para-hydroxylation sites is 1. The fourth-order valence-corrected chi connectivity index (χ4v) is 5.32. The number of hydrogen-bond donors (Lipinski definition) is 3. The van der Waals surface area contributed by atoms with Crippen LogP contribution in [0.15, 0.2) is 59.1 Å². The molecule has 1 fully saturated rings. The minimum absolute atomic E-state index is 0.0103. The fourth-order valence-electron chi connectivity index (χ4n) is 5.32. The van der Waals surface area contributed by atoms with Gasteiger partial charge in [-0.2, -0.15) is 0 Å². The summed E-state index contributed by atoms with van der Waals surface area (Å²) in [7, 11) is 0. The first kappa shape index (κ1) is 27.4. The Balaban J connectivity index is 1.36. The van der Waals surface area contributed by atoms with Gasteiger partial charge in [0.05, 0.1) is 5.69 Å². The van der Waals surface area contributed by atoms with Gasteiger partial charge in [0.25, 0.3) is 5.91 Å². The van der Waals surface area contributed by atoms with Gasteiger partial charge in [-0.3, -0.25) is 9.59 Å². The number of nitrogens with one attached hydrogen (secondary N) is 2. The van der Waals surface area contributed by atoms with Gasteiger partial charge in [0, 0.05) is 54.5 Å². The molecule has 0 saturated heterocycles. The summed E-state index contributed by atoms with van der Waals surface area (Å²) in [6, 6.07) is 15.9. The minimum atomic E-state index is -0.0889. The van der Waals surface area contributed by atoms with E-state index in [0.717, 1.165) is 69.4 Å². The van der Waals surface area contributed by atoms with Crippen LogP contribution in [0.3, 0.4) is 0 Å². The normalized spacial score (nSPS) is 18.9. The second-order valence-corrected chi connectivity index (χ2v) is 10.5. The topological polar surface area (TPSA) is 99.8 Å². The lowest BCUT2D eigenvalue weighted by Gasteiger charge is -2.29. The molecule has 1 aliphatic heterocycles. The molecule has 0 radical (unpaired) electrons. The smallest absolute Gasteiger partial charge is 0.251 e. The van der Waals surface area contributed by atoms with Gasteiger partial charge in [-0.25, -0.2) is 4.99 Å². The predicted octanol–water partition coefficient (Wildman–Crippen LogP) is 5.51. The van der Waals surface area contributed by atoms with Crippen LogP contribution in [0.2, 0.25) is 0 Å². The largest absolute Gasteiger partial charge is 0.387 e. The van der Waals surface area contributed by atoms with Crippen molar-refractivity contribution in [3.8, 4) is 0 Å². The summed E-state index contributed by atoms with van der Waals surface area (Å²) < 4.78 is 0. The van der Waals surface area contributed by atoms with E-state index in [0.29, 0.717) is 35.0 Å². The Hall–Kier alpha value is -3.61. The van der Waals surface area contributed by atoms with E-state index in [1.165, 1.54) is 0 Å². The Labute approximate surface area is 226 Å². The van der Waals surface area contributed by atoms with Crippen molar-refractivity contribution < 1.29 is 9.59 Å². The lowest BCUT2D eigenvalue weighted by atomic mass is 9.86. The molecule has 0 bridgehead atoms. The molecule has 202 valence electrons. The third-order valence-corrected chi connectivity index (χ3v) is 7.36. The van der Waals surface area contributed by atoms with Gasteiger partial charge in [0.15, 0.2) is 0 Å². The highest BCUT2D eigenvalue weighted by Gasteiger charge is 2.24. The minimum Gasteiger partial charge on any atom is -0.387 e. The first-order chi connectivity index (χ1) is 18.5. The van der Waals surface area contributed by atoms with Gasteiger partial charge in [-0.15, -0.1) is 0 Å². The van der Waals surface area contributed by atoms with Crippen LogP contribution in [-0.2, 0) is 4.79 Å². The molecule has 1 saturated carbocycles. The van der Waals surface area contributed by atoms with E-state index in [1.54, 1.807) is 6.07 Å². The molecule has 2 amide bonds. The third kappa shape index (κ3) is 7.24. The number of nitrogens with two attached hydrogens (primary N) is 1. The summed E-state index contributed by atoms with van der Waals surface area (Å²) in [4.78, 5) is 32.7. The third-order valence-electron chi connectivity index (χ3n) is 7.36. The molecule has 38 heavy (non-hydrogen) atoms. The lowest BCUT2D eigenvalue weighted by molar-refractivity contribution is -0.127. The molecule has 0 spiro atoms. The molecule has 7 nitrogen and oxygen atoms in total.